The second kappa shape index (κ2) is 6.45. The number of hydrogen-bond donors (Lipinski definition) is 1. The van der Waals surface area contributed by atoms with E-state index >= 15 is 0 Å². The molecule has 0 amide bonds. The summed E-state index contributed by atoms with van der Waals surface area (Å²) in [6, 6.07) is 4.40. The van der Waals surface area contributed by atoms with Gasteiger partial charge in [-0.05, 0) is 31.0 Å². The summed E-state index contributed by atoms with van der Waals surface area (Å²) in [6.07, 6.45) is 0.0107. The Bertz CT molecular complexity index is 641. The topological polar surface area (TPSA) is 47.3 Å². The number of halogens is 2. The molecule has 1 atom stereocenters. The lowest BCUT2D eigenvalue weighted by Crippen LogP contribution is -2.05. The van der Waals surface area contributed by atoms with Gasteiger partial charge in [-0.25, -0.2) is 4.39 Å². The van der Waals surface area contributed by atoms with Crippen LogP contribution in [-0.4, -0.2) is 14.9 Å². The minimum Gasteiger partial charge on any atom is -0.484 e. The Morgan fingerprint density at radius 3 is 2.71 bits per heavy atom. The van der Waals surface area contributed by atoms with Crippen LogP contribution in [0.5, 0.6) is 5.75 Å². The van der Waals surface area contributed by atoms with Crippen molar-refractivity contribution in [2.75, 3.05) is 0 Å². The summed E-state index contributed by atoms with van der Waals surface area (Å²) < 4.78 is 21.0. The van der Waals surface area contributed by atoms with Crippen LogP contribution in [0.3, 0.4) is 0 Å². The molecular weight excluding hydrogens is 295 g/mol. The molecular formula is C15H18ClFN2O2. The molecule has 0 radical (unpaired) electrons. The standard InChI is InChI=1S/C15H18ClFN2O2/c1-4-12-15(16)13(19(3)18-12)8-21-14-6-5-10(9(2)20)7-11(14)17/h5-7,9,20H,4,8H2,1-3H3. The van der Waals surface area contributed by atoms with Crippen molar-refractivity contribution in [1.82, 2.24) is 9.78 Å². The first kappa shape index (κ1) is 15.8. The average molecular weight is 313 g/mol. The highest BCUT2D eigenvalue weighted by Crippen LogP contribution is 2.25. The number of aliphatic hydroxyl groups excluding tert-OH is 1. The van der Waals surface area contributed by atoms with E-state index in [0.717, 1.165) is 12.1 Å². The molecule has 1 heterocycles. The van der Waals surface area contributed by atoms with E-state index < -0.39 is 11.9 Å². The summed E-state index contributed by atoms with van der Waals surface area (Å²) >= 11 is 6.21. The quantitative estimate of drug-likeness (QED) is 0.920. The third-order valence-corrected chi connectivity index (χ3v) is 3.74. The number of aryl methyl sites for hydroxylation is 2. The van der Waals surface area contributed by atoms with Crippen molar-refractivity contribution in [3.8, 4) is 5.75 Å². The summed E-state index contributed by atoms with van der Waals surface area (Å²) in [6.45, 7) is 3.68. The first-order chi connectivity index (χ1) is 9.93. The van der Waals surface area contributed by atoms with Crippen molar-refractivity contribution >= 4 is 11.6 Å². The molecule has 0 spiro atoms. The van der Waals surface area contributed by atoms with Gasteiger partial charge >= 0.3 is 0 Å². The van der Waals surface area contributed by atoms with Gasteiger partial charge in [0, 0.05) is 7.05 Å². The van der Waals surface area contributed by atoms with Gasteiger partial charge in [0.15, 0.2) is 11.6 Å². The highest BCUT2D eigenvalue weighted by Gasteiger charge is 2.15. The molecule has 0 aliphatic carbocycles. The average Bonchev–Trinajstić information content (AvgIpc) is 2.72. The molecule has 1 N–H and O–H groups in total. The number of rotatable bonds is 5. The van der Waals surface area contributed by atoms with Crippen molar-refractivity contribution in [3.63, 3.8) is 0 Å². The summed E-state index contributed by atoms with van der Waals surface area (Å²) in [5.41, 5.74) is 2.00. The highest BCUT2D eigenvalue weighted by molar-refractivity contribution is 6.31. The normalized spacial score (nSPS) is 12.5. The second-order valence-electron chi connectivity index (χ2n) is 4.84. The lowest BCUT2D eigenvalue weighted by Gasteiger charge is -2.10. The molecule has 2 rings (SSSR count). The maximum absolute atomic E-state index is 13.9. The molecule has 21 heavy (non-hydrogen) atoms. The van der Waals surface area contributed by atoms with Crippen LogP contribution in [-0.2, 0) is 20.1 Å². The van der Waals surface area contributed by atoms with Gasteiger partial charge in [0.1, 0.15) is 6.61 Å². The Balaban J connectivity index is 2.15. The zero-order valence-electron chi connectivity index (χ0n) is 12.2. The monoisotopic (exact) mass is 312 g/mol. The van der Waals surface area contributed by atoms with Crippen LogP contribution in [0.25, 0.3) is 0 Å². The van der Waals surface area contributed by atoms with Crippen LogP contribution in [0, 0.1) is 5.82 Å². The Morgan fingerprint density at radius 1 is 1.48 bits per heavy atom. The van der Waals surface area contributed by atoms with Gasteiger partial charge in [-0.1, -0.05) is 24.6 Å². The van der Waals surface area contributed by atoms with Gasteiger partial charge < -0.3 is 9.84 Å². The smallest absolute Gasteiger partial charge is 0.165 e. The fourth-order valence-corrected chi connectivity index (χ4v) is 2.37. The maximum Gasteiger partial charge on any atom is 0.165 e. The predicted octanol–water partition coefficient (Wildman–Crippen LogP) is 3.41. The van der Waals surface area contributed by atoms with E-state index in [2.05, 4.69) is 5.10 Å². The molecule has 1 aromatic carbocycles. The third kappa shape index (κ3) is 3.36. The molecule has 0 saturated carbocycles. The van der Waals surface area contributed by atoms with Crippen molar-refractivity contribution in [2.45, 2.75) is 33.0 Å². The Kier molecular flexibility index (Phi) is 4.85. The van der Waals surface area contributed by atoms with Crippen LogP contribution < -0.4 is 4.74 Å². The number of benzene rings is 1. The molecule has 0 aliphatic heterocycles. The third-order valence-electron chi connectivity index (χ3n) is 3.31. The highest BCUT2D eigenvalue weighted by atomic mass is 35.5. The summed E-state index contributed by atoms with van der Waals surface area (Å²) in [4.78, 5) is 0. The Morgan fingerprint density at radius 2 is 2.19 bits per heavy atom. The Hall–Kier alpha value is -1.59. The zero-order valence-corrected chi connectivity index (χ0v) is 13.0. The van der Waals surface area contributed by atoms with Crippen molar-refractivity contribution in [1.29, 1.82) is 0 Å². The van der Waals surface area contributed by atoms with Crippen LogP contribution in [0.15, 0.2) is 18.2 Å². The summed E-state index contributed by atoms with van der Waals surface area (Å²) in [5, 5.41) is 14.2. The molecule has 2 aromatic rings. The van der Waals surface area contributed by atoms with Crippen molar-refractivity contribution in [3.05, 3.63) is 46.0 Å². The predicted molar refractivity (Wildman–Crippen MR) is 79.0 cm³/mol. The van der Waals surface area contributed by atoms with E-state index in [1.165, 1.54) is 12.1 Å². The van der Waals surface area contributed by atoms with Crippen molar-refractivity contribution < 1.29 is 14.2 Å². The van der Waals surface area contributed by atoms with Gasteiger partial charge in [-0.2, -0.15) is 5.10 Å². The SMILES string of the molecule is CCc1nn(C)c(COc2ccc(C(C)O)cc2F)c1Cl. The Labute approximate surface area is 128 Å². The molecule has 0 fully saturated rings. The van der Waals surface area contributed by atoms with Gasteiger partial charge in [-0.15, -0.1) is 0 Å². The number of nitrogens with zero attached hydrogens (tertiary/aromatic N) is 2. The number of ether oxygens (including phenoxy) is 1. The number of hydrogen-bond acceptors (Lipinski definition) is 3. The zero-order chi connectivity index (χ0) is 15.6. The van der Waals surface area contributed by atoms with Crippen molar-refractivity contribution in [2.24, 2.45) is 7.05 Å². The summed E-state index contributed by atoms with van der Waals surface area (Å²) in [7, 11) is 1.77. The van der Waals surface area contributed by atoms with Crippen LogP contribution in [0.4, 0.5) is 4.39 Å². The fourth-order valence-electron chi connectivity index (χ4n) is 2.02. The largest absolute Gasteiger partial charge is 0.484 e. The van der Waals surface area contributed by atoms with Gasteiger partial charge in [0.2, 0.25) is 0 Å². The van der Waals surface area contributed by atoms with Crippen LogP contribution in [0.2, 0.25) is 5.02 Å². The molecule has 4 nitrogen and oxygen atoms in total. The molecule has 1 aromatic heterocycles. The minimum absolute atomic E-state index is 0.120. The lowest BCUT2D eigenvalue weighted by molar-refractivity contribution is 0.198. The molecule has 1 unspecified atom stereocenters. The lowest BCUT2D eigenvalue weighted by atomic mass is 10.1. The molecule has 0 bridgehead atoms. The van der Waals surface area contributed by atoms with E-state index in [9.17, 15) is 9.50 Å². The van der Waals surface area contributed by atoms with E-state index in [0.29, 0.717) is 16.3 Å². The van der Waals surface area contributed by atoms with E-state index in [1.807, 2.05) is 6.92 Å². The first-order valence-electron chi connectivity index (χ1n) is 6.74. The molecule has 6 heteroatoms. The summed E-state index contributed by atoms with van der Waals surface area (Å²) in [5.74, 6) is -0.392. The van der Waals surface area contributed by atoms with Gasteiger partial charge in [0.05, 0.1) is 22.5 Å². The fraction of sp³-hybridized carbons (Fsp3) is 0.400. The van der Waals surface area contributed by atoms with Gasteiger partial charge in [-0.3, -0.25) is 4.68 Å². The van der Waals surface area contributed by atoms with E-state index in [4.69, 9.17) is 16.3 Å². The number of aromatic nitrogens is 2. The van der Waals surface area contributed by atoms with Crippen LogP contribution >= 0.6 is 11.6 Å². The van der Waals surface area contributed by atoms with Crippen LogP contribution in [0.1, 0.15) is 36.9 Å². The second-order valence-corrected chi connectivity index (χ2v) is 5.22. The number of aliphatic hydroxyl groups is 1. The van der Waals surface area contributed by atoms with Gasteiger partial charge in [0.25, 0.3) is 0 Å². The first-order valence-corrected chi connectivity index (χ1v) is 7.12. The molecule has 0 aliphatic rings. The minimum atomic E-state index is -0.716. The van der Waals surface area contributed by atoms with E-state index in [-0.39, 0.29) is 12.4 Å². The maximum atomic E-state index is 13.9. The molecule has 0 saturated heterocycles. The molecule has 114 valence electrons. The van der Waals surface area contributed by atoms with E-state index in [1.54, 1.807) is 24.7 Å².